The quantitative estimate of drug-likeness (QED) is 0.802. The molecule has 0 unspecified atom stereocenters. The van der Waals surface area contributed by atoms with Crippen molar-refractivity contribution in [1.82, 2.24) is 4.90 Å². The van der Waals surface area contributed by atoms with Crippen molar-refractivity contribution >= 4 is 27.3 Å². The third-order valence-electron chi connectivity index (χ3n) is 3.03. The molecule has 0 radical (unpaired) electrons. The number of nitrogen functional groups attached to an aromatic ring is 1. The smallest absolute Gasteiger partial charge is 0.0512 e. The molecule has 1 saturated heterocycles. The van der Waals surface area contributed by atoms with E-state index in [1.54, 1.807) is 0 Å². The van der Waals surface area contributed by atoms with Gasteiger partial charge < -0.3 is 15.5 Å². The van der Waals surface area contributed by atoms with E-state index in [0.717, 1.165) is 29.8 Å². The summed E-state index contributed by atoms with van der Waals surface area (Å²) in [6.45, 7) is 4.51. The van der Waals surface area contributed by atoms with Crippen LogP contribution in [0.15, 0.2) is 22.7 Å². The molecule has 1 aromatic carbocycles. The zero-order chi connectivity index (χ0) is 11.5. The Hall–Kier alpha value is -0.740. The van der Waals surface area contributed by atoms with Gasteiger partial charge in [-0.15, -0.1) is 0 Å². The van der Waals surface area contributed by atoms with Crippen LogP contribution < -0.4 is 10.6 Å². The van der Waals surface area contributed by atoms with Crippen LogP contribution in [0.2, 0.25) is 0 Å². The molecule has 2 rings (SSSR count). The fraction of sp³-hybridized carbons (Fsp3) is 0.500. The molecule has 0 bridgehead atoms. The molecule has 2 N–H and O–H groups in total. The number of nitrogens with zero attached hydrogens (tertiary/aromatic N) is 2. The highest BCUT2D eigenvalue weighted by Crippen LogP contribution is 2.28. The highest BCUT2D eigenvalue weighted by Gasteiger charge is 2.14. The summed E-state index contributed by atoms with van der Waals surface area (Å²) < 4.78 is 1.09. The van der Waals surface area contributed by atoms with E-state index in [1.807, 2.05) is 12.1 Å². The number of likely N-dealkylation sites (N-methyl/N-ethyl adjacent to an activating group) is 1. The van der Waals surface area contributed by atoms with Crippen LogP contribution in [0.5, 0.6) is 0 Å². The normalized spacial score (nSPS) is 18.5. The lowest BCUT2D eigenvalue weighted by Gasteiger charge is -2.24. The van der Waals surface area contributed by atoms with Gasteiger partial charge >= 0.3 is 0 Å². The van der Waals surface area contributed by atoms with E-state index < -0.39 is 0 Å². The molecule has 0 saturated carbocycles. The van der Waals surface area contributed by atoms with Crippen molar-refractivity contribution in [3.63, 3.8) is 0 Å². The lowest BCUT2D eigenvalue weighted by molar-refractivity contribution is 0.360. The van der Waals surface area contributed by atoms with Gasteiger partial charge in [-0.1, -0.05) is 0 Å². The molecule has 0 aromatic heterocycles. The van der Waals surface area contributed by atoms with Crippen LogP contribution in [0.25, 0.3) is 0 Å². The Labute approximate surface area is 105 Å². The molecule has 0 amide bonds. The van der Waals surface area contributed by atoms with Gasteiger partial charge in [0, 0.05) is 29.8 Å². The van der Waals surface area contributed by atoms with Gasteiger partial charge in [0.15, 0.2) is 0 Å². The van der Waals surface area contributed by atoms with Gasteiger partial charge in [0.1, 0.15) is 0 Å². The maximum Gasteiger partial charge on any atom is 0.0512 e. The maximum atomic E-state index is 5.75. The average molecular weight is 284 g/mol. The molecule has 16 heavy (non-hydrogen) atoms. The maximum absolute atomic E-state index is 5.75. The topological polar surface area (TPSA) is 32.5 Å². The van der Waals surface area contributed by atoms with Crippen molar-refractivity contribution in [2.45, 2.75) is 6.42 Å². The first kappa shape index (κ1) is 11.7. The van der Waals surface area contributed by atoms with Crippen molar-refractivity contribution in [2.24, 2.45) is 0 Å². The fourth-order valence-electron chi connectivity index (χ4n) is 2.07. The second-order valence-corrected chi connectivity index (χ2v) is 5.21. The summed E-state index contributed by atoms with van der Waals surface area (Å²) in [4.78, 5) is 4.80. The van der Waals surface area contributed by atoms with Crippen LogP contribution in [-0.4, -0.2) is 38.1 Å². The van der Waals surface area contributed by atoms with Gasteiger partial charge in [0.25, 0.3) is 0 Å². The first-order valence-electron chi connectivity index (χ1n) is 5.65. The van der Waals surface area contributed by atoms with E-state index >= 15 is 0 Å². The molecule has 1 heterocycles. The standard InChI is InChI=1S/C12H18BrN3/c1-15-5-2-6-16(8-7-15)12-4-3-10(14)9-11(12)13/h3-4,9H,2,5-8,14H2,1H3. The Morgan fingerprint density at radius 1 is 1.19 bits per heavy atom. The fourth-order valence-corrected chi connectivity index (χ4v) is 2.71. The number of hydrogen-bond donors (Lipinski definition) is 1. The minimum absolute atomic E-state index is 0.808. The van der Waals surface area contributed by atoms with Gasteiger partial charge in [-0.3, -0.25) is 0 Å². The van der Waals surface area contributed by atoms with Gasteiger partial charge in [0.2, 0.25) is 0 Å². The predicted octanol–water partition coefficient (Wildman–Crippen LogP) is 2.17. The van der Waals surface area contributed by atoms with Crippen LogP contribution in [-0.2, 0) is 0 Å². The van der Waals surface area contributed by atoms with Gasteiger partial charge in [-0.05, 0) is 54.1 Å². The Kier molecular flexibility index (Phi) is 3.71. The molecule has 0 atom stereocenters. The van der Waals surface area contributed by atoms with Gasteiger partial charge in [-0.2, -0.15) is 0 Å². The van der Waals surface area contributed by atoms with E-state index in [9.17, 15) is 0 Å². The zero-order valence-corrected chi connectivity index (χ0v) is 11.2. The lowest BCUT2D eigenvalue weighted by atomic mass is 10.2. The third-order valence-corrected chi connectivity index (χ3v) is 3.67. The van der Waals surface area contributed by atoms with Crippen molar-refractivity contribution in [3.8, 4) is 0 Å². The number of rotatable bonds is 1. The zero-order valence-electron chi connectivity index (χ0n) is 9.62. The Balaban J connectivity index is 2.16. The predicted molar refractivity (Wildman–Crippen MR) is 72.9 cm³/mol. The van der Waals surface area contributed by atoms with Crippen molar-refractivity contribution in [2.75, 3.05) is 43.9 Å². The first-order valence-corrected chi connectivity index (χ1v) is 6.44. The molecule has 1 aliphatic rings. The van der Waals surface area contributed by atoms with E-state index in [2.05, 4.69) is 38.8 Å². The summed E-state index contributed by atoms with van der Waals surface area (Å²) >= 11 is 3.59. The SMILES string of the molecule is CN1CCCN(c2ccc(N)cc2Br)CC1. The number of halogens is 1. The molecule has 3 nitrogen and oxygen atoms in total. The molecule has 4 heteroatoms. The van der Waals surface area contributed by atoms with Crippen LogP contribution in [0.1, 0.15) is 6.42 Å². The summed E-state index contributed by atoms with van der Waals surface area (Å²) in [5.74, 6) is 0. The average Bonchev–Trinajstić information content (AvgIpc) is 2.43. The molecule has 0 aliphatic carbocycles. The molecule has 88 valence electrons. The van der Waals surface area contributed by atoms with E-state index in [1.165, 1.54) is 18.7 Å². The Morgan fingerprint density at radius 2 is 2.00 bits per heavy atom. The monoisotopic (exact) mass is 283 g/mol. The molecule has 1 aliphatic heterocycles. The summed E-state index contributed by atoms with van der Waals surface area (Å²) in [6, 6.07) is 6.05. The van der Waals surface area contributed by atoms with Crippen molar-refractivity contribution in [3.05, 3.63) is 22.7 Å². The van der Waals surface area contributed by atoms with Crippen LogP contribution in [0.3, 0.4) is 0 Å². The minimum atomic E-state index is 0.808. The van der Waals surface area contributed by atoms with Gasteiger partial charge in [-0.25, -0.2) is 0 Å². The second-order valence-electron chi connectivity index (χ2n) is 4.35. The van der Waals surface area contributed by atoms with Crippen LogP contribution >= 0.6 is 15.9 Å². The van der Waals surface area contributed by atoms with Crippen LogP contribution in [0.4, 0.5) is 11.4 Å². The third kappa shape index (κ3) is 2.68. The number of anilines is 2. The Bertz CT molecular complexity index is 367. The molecular weight excluding hydrogens is 266 g/mol. The van der Waals surface area contributed by atoms with Gasteiger partial charge in [0.05, 0.1) is 5.69 Å². The first-order chi connectivity index (χ1) is 7.66. The highest BCUT2D eigenvalue weighted by molar-refractivity contribution is 9.10. The molecular formula is C12H18BrN3. The Morgan fingerprint density at radius 3 is 2.75 bits per heavy atom. The van der Waals surface area contributed by atoms with Crippen molar-refractivity contribution < 1.29 is 0 Å². The summed E-state index contributed by atoms with van der Waals surface area (Å²) in [6.07, 6.45) is 1.22. The largest absolute Gasteiger partial charge is 0.399 e. The van der Waals surface area contributed by atoms with E-state index in [0.29, 0.717) is 0 Å². The number of benzene rings is 1. The van der Waals surface area contributed by atoms with E-state index in [4.69, 9.17) is 5.73 Å². The minimum Gasteiger partial charge on any atom is -0.399 e. The number of hydrogen-bond acceptors (Lipinski definition) is 3. The lowest BCUT2D eigenvalue weighted by Crippen LogP contribution is -2.28. The van der Waals surface area contributed by atoms with Crippen molar-refractivity contribution in [1.29, 1.82) is 0 Å². The molecule has 1 aromatic rings. The molecule has 1 fully saturated rings. The summed E-state index contributed by atoms with van der Waals surface area (Å²) in [7, 11) is 2.18. The highest BCUT2D eigenvalue weighted by atomic mass is 79.9. The van der Waals surface area contributed by atoms with Crippen LogP contribution in [0, 0.1) is 0 Å². The second kappa shape index (κ2) is 5.06. The summed E-state index contributed by atoms with van der Waals surface area (Å²) in [5, 5.41) is 0. The van der Waals surface area contributed by atoms with E-state index in [-0.39, 0.29) is 0 Å². The summed E-state index contributed by atoms with van der Waals surface area (Å²) in [5.41, 5.74) is 7.82. The molecule has 0 spiro atoms. The number of nitrogens with two attached hydrogens (primary N) is 1.